The zero-order valence-electron chi connectivity index (χ0n) is 18.6. The Bertz CT molecular complexity index is 720. The van der Waals surface area contributed by atoms with E-state index in [-0.39, 0.29) is 17.0 Å². The second-order valence-electron chi connectivity index (χ2n) is 7.85. The van der Waals surface area contributed by atoms with Crippen LogP contribution in [-0.4, -0.2) is 75.7 Å². The zero-order chi connectivity index (χ0) is 22.9. The van der Waals surface area contributed by atoms with Crippen LogP contribution < -0.4 is 20.1 Å². The van der Waals surface area contributed by atoms with Crippen molar-refractivity contribution >= 4 is 5.96 Å². The van der Waals surface area contributed by atoms with E-state index in [0.717, 1.165) is 31.9 Å². The maximum Gasteiger partial charge on any atom is 0.422 e. The molecule has 1 aliphatic rings. The summed E-state index contributed by atoms with van der Waals surface area (Å²) in [7, 11) is 1.39. The van der Waals surface area contributed by atoms with E-state index in [1.165, 1.54) is 13.2 Å². The van der Waals surface area contributed by atoms with Gasteiger partial charge in [0.25, 0.3) is 0 Å². The molecule has 1 saturated heterocycles. The van der Waals surface area contributed by atoms with Gasteiger partial charge >= 0.3 is 6.18 Å². The number of hydrogen-bond donors (Lipinski definition) is 2. The van der Waals surface area contributed by atoms with E-state index < -0.39 is 12.8 Å². The normalized spacial score (nSPS) is 16.2. The Kier molecular flexibility index (Phi) is 9.24. The number of rotatable bonds is 9. The van der Waals surface area contributed by atoms with Gasteiger partial charge in [-0.15, -0.1) is 0 Å². The van der Waals surface area contributed by atoms with E-state index in [2.05, 4.69) is 34.4 Å². The van der Waals surface area contributed by atoms with E-state index in [1.807, 2.05) is 6.92 Å². The molecule has 0 aliphatic carbocycles. The highest BCUT2D eigenvalue weighted by molar-refractivity contribution is 5.79. The molecule has 0 atom stereocenters. The molecule has 1 fully saturated rings. The van der Waals surface area contributed by atoms with Gasteiger partial charge in [-0.3, -0.25) is 4.90 Å². The minimum Gasteiger partial charge on any atom is -0.493 e. The number of ether oxygens (including phenoxy) is 3. The summed E-state index contributed by atoms with van der Waals surface area (Å²) in [6.07, 6.45) is -4.41. The molecule has 1 aromatic carbocycles. The van der Waals surface area contributed by atoms with Crippen LogP contribution in [0.15, 0.2) is 23.2 Å². The predicted molar refractivity (Wildman–Crippen MR) is 114 cm³/mol. The van der Waals surface area contributed by atoms with Crippen LogP contribution in [0.4, 0.5) is 13.2 Å². The summed E-state index contributed by atoms with van der Waals surface area (Å²) in [4.78, 5) is 6.98. The van der Waals surface area contributed by atoms with Gasteiger partial charge in [-0.2, -0.15) is 13.2 Å². The molecule has 1 heterocycles. The number of nitrogens with one attached hydrogen (secondary N) is 2. The van der Waals surface area contributed by atoms with Gasteiger partial charge in [0.05, 0.1) is 26.9 Å². The standard InChI is InChI=1S/C21H33F3N4O3/c1-5-25-19(27-14-20(2,3)28-8-10-30-11-9-28)26-13-16-6-7-17(18(12-16)29-4)31-15-21(22,23)24/h6-7,12H,5,8-11,13-15H2,1-4H3,(H2,25,26,27). The smallest absolute Gasteiger partial charge is 0.422 e. The highest BCUT2D eigenvalue weighted by atomic mass is 19.4. The monoisotopic (exact) mass is 446 g/mol. The first-order valence-corrected chi connectivity index (χ1v) is 10.4. The second-order valence-corrected chi connectivity index (χ2v) is 7.85. The van der Waals surface area contributed by atoms with Crippen LogP contribution in [0.5, 0.6) is 11.5 Å². The first-order valence-electron chi connectivity index (χ1n) is 10.4. The lowest BCUT2D eigenvalue weighted by atomic mass is 10.0. The maximum atomic E-state index is 12.4. The summed E-state index contributed by atoms with van der Waals surface area (Å²) in [5, 5.41) is 6.60. The molecule has 0 radical (unpaired) electrons. The van der Waals surface area contributed by atoms with Gasteiger partial charge in [0, 0.05) is 31.7 Å². The minimum absolute atomic E-state index is 0.0462. The molecule has 0 unspecified atom stereocenters. The average Bonchev–Trinajstić information content (AvgIpc) is 2.74. The summed E-state index contributed by atoms with van der Waals surface area (Å²) >= 11 is 0. The fraction of sp³-hybridized carbons (Fsp3) is 0.667. The van der Waals surface area contributed by atoms with Crippen molar-refractivity contribution in [1.29, 1.82) is 0 Å². The number of aliphatic imine (C=N–C) groups is 1. The topological polar surface area (TPSA) is 67.4 Å². The lowest BCUT2D eigenvalue weighted by Crippen LogP contribution is -2.56. The second kappa shape index (κ2) is 11.4. The molecule has 2 N–H and O–H groups in total. The summed E-state index contributed by atoms with van der Waals surface area (Å²) in [6.45, 7) is 9.99. The van der Waals surface area contributed by atoms with Crippen molar-refractivity contribution in [2.75, 3.05) is 53.1 Å². The SMILES string of the molecule is CCNC(=NCc1ccc(OCC(F)(F)F)c(OC)c1)NCC(C)(C)N1CCOCC1. The lowest BCUT2D eigenvalue weighted by molar-refractivity contribution is -0.153. The van der Waals surface area contributed by atoms with Crippen LogP contribution in [0.25, 0.3) is 0 Å². The number of morpholine rings is 1. The fourth-order valence-corrected chi connectivity index (χ4v) is 3.18. The summed E-state index contributed by atoms with van der Waals surface area (Å²) in [5.74, 6) is 0.952. The van der Waals surface area contributed by atoms with Crippen molar-refractivity contribution in [3.63, 3.8) is 0 Å². The van der Waals surface area contributed by atoms with Gasteiger partial charge in [-0.25, -0.2) is 4.99 Å². The van der Waals surface area contributed by atoms with Crippen LogP contribution >= 0.6 is 0 Å². The van der Waals surface area contributed by atoms with Gasteiger partial charge in [0.2, 0.25) is 0 Å². The Morgan fingerprint density at radius 3 is 2.48 bits per heavy atom. The molecule has 2 rings (SSSR count). The van der Waals surface area contributed by atoms with E-state index in [1.54, 1.807) is 12.1 Å². The van der Waals surface area contributed by atoms with Crippen LogP contribution in [0.2, 0.25) is 0 Å². The number of nitrogens with zero attached hydrogens (tertiary/aromatic N) is 2. The summed E-state index contributed by atoms with van der Waals surface area (Å²) < 4.78 is 52.7. The zero-order valence-corrected chi connectivity index (χ0v) is 18.6. The van der Waals surface area contributed by atoms with Crippen molar-refractivity contribution in [3.8, 4) is 11.5 Å². The number of guanidine groups is 1. The van der Waals surface area contributed by atoms with Gasteiger partial charge in [-0.1, -0.05) is 6.07 Å². The predicted octanol–water partition coefficient (Wildman–Crippen LogP) is 2.80. The number of hydrogen-bond acceptors (Lipinski definition) is 5. The molecule has 0 amide bonds. The molecule has 0 saturated carbocycles. The van der Waals surface area contributed by atoms with E-state index in [0.29, 0.717) is 25.6 Å². The Labute approximate surface area is 181 Å². The molecule has 176 valence electrons. The first kappa shape index (κ1) is 25.1. The maximum absolute atomic E-state index is 12.4. The quantitative estimate of drug-likeness (QED) is 0.449. The number of methoxy groups -OCH3 is 1. The van der Waals surface area contributed by atoms with E-state index in [9.17, 15) is 13.2 Å². The van der Waals surface area contributed by atoms with Crippen LogP contribution in [0.3, 0.4) is 0 Å². The van der Waals surface area contributed by atoms with Crippen LogP contribution in [0, 0.1) is 0 Å². The van der Waals surface area contributed by atoms with Crippen molar-refractivity contribution in [2.24, 2.45) is 4.99 Å². The van der Waals surface area contributed by atoms with Crippen molar-refractivity contribution < 1.29 is 27.4 Å². The Morgan fingerprint density at radius 1 is 1.16 bits per heavy atom. The summed E-state index contributed by atoms with van der Waals surface area (Å²) in [6, 6.07) is 4.78. The largest absolute Gasteiger partial charge is 0.493 e. The Balaban J connectivity index is 2.00. The molecule has 10 heteroatoms. The van der Waals surface area contributed by atoms with Crippen LogP contribution in [-0.2, 0) is 11.3 Å². The third-order valence-corrected chi connectivity index (χ3v) is 4.94. The molecular weight excluding hydrogens is 413 g/mol. The molecule has 0 aromatic heterocycles. The average molecular weight is 447 g/mol. The molecular formula is C21H33F3N4O3. The van der Waals surface area contributed by atoms with Crippen molar-refractivity contribution in [2.45, 2.75) is 39.0 Å². The highest BCUT2D eigenvalue weighted by Crippen LogP contribution is 2.30. The highest BCUT2D eigenvalue weighted by Gasteiger charge is 2.29. The third-order valence-electron chi connectivity index (χ3n) is 4.94. The fourth-order valence-electron chi connectivity index (χ4n) is 3.18. The number of halogens is 3. The van der Waals surface area contributed by atoms with Crippen LogP contribution in [0.1, 0.15) is 26.3 Å². The number of alkyl halides is 3. The molecule has 1 aliphatic heterocycles. The molecule has 0 spiro atoms. The Hall–Kier alpha value is -2.20. The summed E-state index contributed by atoms with van der Waals surface area (Å²) in [5.41, 5.74) is 0.724. The lowest BCUT2D eigenvalue weighted by Gasteiger charge is -2.41. The van der Waals surface area contributed by atoms with Gasteiger partial charge < -0.3 is 24.8 Å². The number of benzene rings is 1. The molecule has 1 aromatic rings. The van der Waals surface area contributed by atoms with Gasteiger partial charge in [0.1, 0.15) is 0 Å². The minimum atomic E-state index is -4.41. The third kappa shape index (κ3) is 8.45. The van der Waals surface area contributed by atoms with Gasteiger partial charge in [0.15, 0.2) is 24.1 Å². The van der Waals surface area contributed by atoms with Crippen molar-refractivity contribution in [3.05, 3.63) is 23.8 Å². The van der Waals surface area contributed by atoms with E-state index in [4.69, 9.17) is 14.2 Å². The first-order chi connectivity index (χ1) is 14.6. The molecule has 7 nitrogen and oxygen atoms in total. The van der Waals surface area contributed by atoms with E-state index >= 15 is 0 Å². The molecule has 0 bridgehead atoms. The van der Waals surface area contributed by atoms with Gasteiger partial charge in [-0.05, 0) is 38.5 Å². The molecule has 31 heavy (non-hydrogen) atoms. The Morgan fingerprint density at radius 2 is 1.87 bits per heavy atom. The van der Waals surface area contributed by atoms with Crippen molar-refractivity contribution in [1.82, 2.24) is 15.5 Å².